The maximum atomic E-state index is 12.3. The predicted molar refractivity (Wildman–Crippen MR) is 80.7 cm³/mol. The van der Waals surface area contributed by atoms with Crippen LogP contribution in [0.25, 0.3) is 0 Å². The first-order chi connectivity index (χ1) is 11.7. The van der Waals surface area contributed by atoms with Gasteiger partial charge in [-0.3, -0.25) is 9.59 Å². The number of ether oxygens (including phenoxy) is 1. The van der Waals surface area contributed by atoms with Crippen LogP contribution in [-0.2, 0) is 9.59 Å². The number of carbonyl (C=O) groups excluding carboxylic acids is 2. The Morgan fingerprint density at radius 3 is 2.56 bits per heavy atom. The fourth-order valence-corrected chi connectivity index (χ4v) is 3.16. The smallest absolute Gasteiger partial charge is 0.511 e. The summed E-state index contributed by atoms with van der Waals surface area (Å²) < 4.78 is 40.1. The number of alkyl halides is 3. The number of amides is 2. The average molecular weight is 356 g/mol. The lowest BCUT2D eigenvalue weighted by Gasteiger charge is -2.27. The van der Waals surface area contributed by atoms with E-state index >= 15 is 0 Å². The zero-order chi connectivity index (χ0) is 18.2. The van der Waals surface area contributed by atoms with E-state index in [4.69, 9.17) is 0 Å². The Morgan fingerprint density at radius 2 is 1.92 bits per heavy atom. The number of rotatable bonds is 3. The molecule has 25 heavy (non-hydrogen) atoms. The third-order valence-corrected chi connectivity index (χ3v) is 4.24. The fraction of sp³-hybridized carbons (Fsp3) is 0.375. The number of aliphatic hydroxyl groups is 1. The van der Waals surface area contributed by atoms with Gasteiger partial charge in [0.25, 0.3) is 11.8 Å². The van der Waals surface area contributed by atoms with Gasteiger partial charge in [-0.25, -0.2) is 0 Å². The molecule has 134 valence electrons. The second-order valence-corrected chi connectivity index (χ2v) is 5.90. The molecular formula is C16H15F3N2O4. The van der Waals surface area contributed by atoms with Crippen molar-refractivity contribution in [1.82, 2.24) is 5.32 Å². The van der Waals surface area contributed by atoms with Crippen LogP contribution in [-0.4, -0.2) is 29.3 Å². The first-order valence-electron chi connectivity index (χ1n) is 7.66. The van der Waals surface area contributed by atoms with Crippen molar-refractivity contribution in [2.45, 2.75) is 31.7 Å². The molecule has 0 unspecified atom stereocenters. The van der Waals surface area contributed by atoms with E-state index in [1.165, 1.54) is 12.1 Å². The molecule has 0 radical (unpaired) electrons. The molecule has 2 aliphatic rings. The van der Waals surface area contributed by atoms with Crippen LogP contribution < -0.4 is 15.4 Å². The Kier molecular flexibility index (Phi) is 4.32. The van der Waals surface area contributed by atoms with Crippen molar-refractivity contribution in [3.63, 3.8) is 0 Å². The monoisotopic (exact) mass is 356 g/mol. The van der Waals surface area contributed by atoms with E-state index in [1.807, 2.05) is 0 Å². The number of aliphatic hydroxyl groups excluding tert-OH is 1. The topological polar surface area (TPSA) is 87.7 Å². The summed E-state index contributed by atoms with van der Waals surface area (Å²) in [5.74, 6) is -2.42. The lowest BCUT2D eigenvalue weighted by atomic mass is 9.92. The van der Waals surface area contributed by atoms with E-state index in [9.17, 15) is 27.9 Å². The molecule has 1 fully saturated rings. The summed E-state index contributed by atoms with van der Waals surface area (Å²) in [4.78, 5) is 24.3. The lowest BCUT2D eigenvalue weighted by Crippen LogP contribution is -2.46. The molecular weight excluding hydrogens is 341 g/mol. The lowest BCUT2D eigenvalue weighted by molar-refractivity contribution is -0.274. The fourth-order valence-electron chi connectivity index (χ4n) is 3.16. The van der Waals surface area contributed by atoms with Crippen molar-refractivity contribution < 1.29 is 32.6 Å². The van der Waals surface area contributed by atoms with Crippen molar-refractivity contribution in [2.24, 2.45) is 5.92 Å². The summed E-state index contributed by atoms with van der Waals surface area (Å²) in [6, 6.07) is 4.31. The molecule has 0 bridgehead atoms. The number of benzene rings is 1. The van der Waals surface area contributed by atoms with Gasteiger partial charge in [0, 0.05) is 17.6 Å². The van der Waals surface area contributed by atoms with Gasteiger partial charge >= 0.3 is 6.36 Å². The molecule has 1 heterocycles. The molecule has 3 N–H and O–H groups in total. The molecule has 0 spiro atoms. The minimum atomic E-state index is -4.81. The van der Waals surface area contributed by atoms with Crippen molar-refractivity contribution >= 4 is 17.5 Å². The second-order valence-electron chi connectivity index (χ2n) is 5.90. The molecule has 1 aromatic rings. The average Bonchev–Trinajstić information content (AvgIpc) is 2.96. The number of carbonyl (C=O) groups is 2. The molecule has 0 aromatic heterocycles. The minimum Gasteiger partial charge on any atom is -0.511 e. The van der Waals surface area contributed by atoms with Crippen LogP contribution in [0, 0.1) is 5.92 Å². The number of fused-ring (bicyclic) bond motifs is 1. The van der Waals surface area contributed by atoms with Crippen LogP contribution in [0.15, 0.2) is 35.6 Å². The van der Waals surface area contributed by atoms with Gasteiger partial charge in [0.05, 0.1) is 0 Å². The summed E-state index contributed by atoms with van der Waals surface area (Å²) in [7, 11) is 0. The maximum Gasteiger partial charge on any atom is 0.573 e. The van der Waals surface area contributed by atoms with Crippen LogP contribution in [0.4, 0.5) is 18.9 Å². The molecule has 1 aliphatic carbocycles. The Balaban J connectivity index is 1.73. The number of hydrogen-bond acceptors (Lipinski definition) is 4. The standard InChI is InChI=1S/C16H15F3N2O4/c17-16(18,19)25-9-6-4-8(5-7-9)20-14(23)12-13(22)10-2-1-3-11(10)21-15(12)24/h4-7,10-11,22H,1-3H2,(H,20,23)(H,21,24)/t10-,11+/m0/s1. The highest BCUT2D eigenvalue weighted by Crippen LogP contribution is 2.35. The molecule has 6 nitrogen and oxygen atoms in total. The van der Waals surface area contributed by atoms with Gasteiger partial charge in [-0.05, 0) is 37.1 Å². The number of anilines is 1. The highest BCUT2D eigenvalue weighted by Gasteiger charge is 2.41. The van der Waals surface area contributed by atoms with Crippen molar-refractivity contribution in [2.75, 3.05) is 5.32 Å². The largest absolute Gasteiger partial charge is 0.573 e. The molecule has 1 saturated carbocycles. The Morgan fingerprint density at radius 1 is 1.24 bits per heavy atom. The summed E-state index contributed by atoms with van der Waals surface area (Å²) >= 11 is 0. The van der Waals surface area contributed by atoms with Crippen molar-refractivity contribution in [1.29, 1.82) is 0 Å². The third-order valence-electron chi connectivity index (χ3n) is 4.24. The summed E-state index contributed by atoms with van der Waals surface area (Å²) in [5, 5.41) is 15.3. The summed E-state index contributed by atoms with van der Waals surface area (Å²) in [5.41, 5.74) is -0.195. The van der Waals surface area contributed by atoms with Crippen molar-refractivity contribution in [3.05, 3.63) is 35.6 Å². The Bertz CT molecular complexity index is 728. The van der Waals surface area contributed by atoms with Gasteiger partial charge in [0.15, 0.2) is 0 Å². The van der Waals surface area contributed by atoms with E-state index < -0.39 is 23.9 Å². The van der Waals surface area contributed by atoms with E-state index in [1.54, 1.807) is 0 Å². The van der Waals surface area contributed by atoms with Gasteiger partial charge in [0.1, 0.15) is 17.1 Å². The Labute approximate surface area is 140 Å². The zero-order valence-electron chi connectivity index (χ0n) is 12.9. The molecule has 3 rings (SSSR count). The van der Waals surface area contributed by atoms with Crippen LogP contribution >= 0.6 is 0 Å². The Hall–Kier alpha value is -2.71. The van der Waals surface area contributed by atoms with E-state index in [2.05, 4.69) is 15.4 Å². The first-order valence-corrected chi connectivity index (χ1v) is 7.66. The van der Waals surface area contributed by atoms with E-state index in [-0.39, 0.29) is 29.0 Å². The molecule has 0 saturated heterocycles. The normalized spacial score (nSPS) is 23.1. The van der Waals surface area contributed by atoms with E-state index in [0.717, 1.165) is 25.0 Å². The van der Waals surface area contributed by atoms with Gasteiger partial charge < -0.3 is 20.5 Å². The summed E-state index contributed by atoms with van der Waals surface area (Å²) in [6.07, 6.45) is -2.54. The summed E-state index contributed by atoms with van der Waals surface area (Å²) in [6.45, 7) is 0. The molecule has 2 amide bonds. The van der Waals surface area contributed by atoms with E-state index in [0.29, 0.717) is 6.42 Å². The third kappa shape index (κ3) is 3.70. The van der Waals surface area contributed by atoms with Gasteiger partial charge in [-0.1, -0.05) is 6.42 Å². The predicted octanol–water partition coefficient (Wildman–Crippen LogP) is 2.63. The maximum absolute atomic E-state index is 12.3. The molecule has 1 aromatic carbocycles. The quantitative estimate of drug-likeness (QED) is 0.727. The van der Waals surface area contributed by atoms with Gasteiger partial charge in [-0.2, -0.15) is 0 Å². The number of nitrogens with one attached hydrogen (secondary N) is 2. The molecule has 2 atom stereocenters. The SMILES string of the molecule is O=C(Nc1ccc(OC(F)(F)F)cc1)C1=C(O)[C@H]2CCC[C@H]2NC1=O. The highest BCUT2D eigenvalue weighted by molar-refractivity contribution is 6.23. The second kappa shape index (κ2) is 6.30. The number of hydrogen-bond donors (Lipinski definition) is 3. The van der Waals surface area contributed by atoms with Crippen LogP contribution in [0.2, 0.25) is 0 Å². The van der Waals surface area contributed by atoms with Crippen LogP contribution in [0.5, 0.6) is 5.75 Å². The number of halogens is 3. The van der Waals surface area contributed by atoms with Crippen LogP contribution in [0.3, 0.4) is 0 Å². The zero-order valence-corrected chi connectivity index (χ0v) is 12.9. The molecule has 1 aliphatic heterocycles. The van der Waals surface area contributed by atoms with Crippen LogP contribution in [0.1, 0.15) is 19.3 Å². The van der Waals surface area contributed by atoms with Crippen molar-refractivity contribution in [3.8, 4) is 5.75 Å². The van der Waals surface area contributed by atoms with Gasteiger partial charge in [0.2, 0.25) is 0 Å². The van der Waals surface area contributed by atoms with Gasteiger partial charge in [-0.15, -0.1) is 13.2 Å². The first kappa shape index (κ1) is 17.1. The molecule has 9 heteroatoms. The minimum absolute atomic E-state index is 0.164. The highest BCUT2D eigenvalue weighted by atomic mass is 19.4.